The van der Waals surface area contributed by atoms with Gasteiger partial charge in [0.2, 0.25) is 0 Å². The van der Waals surface area contributed by atoms with Gasteiger partial charge in [0, 0.05) is 0 Å². The van der Waals surface area contributed by atoms with E-state index < -0.39 is 0 Å². The molecule has 0 aromatic heterocycles. The van der Waals surface area contributed by atoms with Crippen molar-refractivity contribution >= 4 is 0 Å². The van der Waals surface area contributed by atoms with Crippen molar-refractivity contribution < 1.29 is 0 Å². The highest BCUT2D eigenvalue weighted by molar-refractivity contribution is 5.27. The molecule has 1 aromatic rings. The molecule has 0 atom stereocenters. The molecule has 1 aromatic carbocycles. The molecule has 0 heteroatoms. The molecule has 2 rings (SSSR count). The van der Waals surface area contributed by atoms with E-state index in [1.807, 2.05) is 0 Å². The second-order valence-corrected chi connectivity index (χ2v) is 4.42. The molecule has 0 saturated heterocycles. The smallest absolute Gasteiger partial charge is 0.0146 e. The van der Waals surface area contributed by atoms with E-state index in [-0.39, 0.29) is 0 Å². The van der Waals surface area contributed by atoms with Crippen LogP contribution < -0.4 is 0 Å². The predicted octanol–water partition coefficient (Wildman–Crippen LogP) is 3.78. The van der Waals surface area contributed by atoms with Gasteiger partial charge in [-0.15, -0.1) is 0 Å². The first-order valence-corrected chi connectivity index (χ1v) is 5.88. The summed E-state index contributed by atoms with van der Waals surface area (Å²) in [5, 5.41) is 0. The first kappa shape index (κ1) is 9.76. The lowest BCUT2D eigenvalue weighted by molar-refractivity contribution is 0.765. The van der Waals surface area contributed by atoms with Gasteiger partial charge in [-0.3, -0.25) is 0 Å². The Bertz CT molecular complexity index is 284. The van der Waals surface area contributed by atoms with Gasteiger partial charge in [-0.05, 0) is 55.2 Å². The van der Waals surface area contributed by atoms with Crippen LogP contribution in [-0.2, 0) is 12.8 Å². The van der Waals surface area contributed by atoms with Crippen LogP contribution in [0.4, 0.5) is 0 Å². The number of aryl methyl sites for hydroxylation is 1. The highest BCUT2D eigenvalue weighted by Crippen LogP contribution is 2.33. The van der Waals surface area contributed by atoms with Crippen molar-refractivity contribution in [1.29, 1.82) is 0 Å². The normalized spacial score (nSPS) is 15.8. The van der Waals surface area contributed by atoms with Gasteiger partial charge in [0.05, 0.1) is 0 Å². The van der Waals surface area contributed by atoms with Gasteiger partial charge in [-0.2, -0.15) is 0 Å². The van der Waals surface area contributed by atoms with Crippen LogP contribution >= 0.6 is 0 Å². The summed E-state index contributed by atoms with van der Waals surface area (Å²) in [6, 6.07) is 9.89. The molecule has 0 bridgehead atoms. The molecule has 14 heavy (non-hydrogen) atoms. The monoisotopic (exact) mass is 187 g/mol. The lowest BCUT2D eigenvalue weighted by Gasteiger charge is -2.07. The fraction of sp³-hybridized carbons (Fsp3) is 0.571. The van der Waals surface area contributed by atoms with Crippen molar-refractivity contribution in [2.45, 2.75) is 45.4 Å². The van der Waals surface area contributed by atoms with Crippen LogP contribution in [0.5, 0.6) is 0 Å². The Morgan fingerprint density at radius 2 is 2.29 bits per heavy atom. The minimum absolute atomic E-state index is 0.981. The molecule has 75 valence electrons. The van der Waals surface area contributed by atoms with Gasteiger partial charge in [-0.1, -0.05) is 31.5 Å². The van der Waals surface area contributed by atoms with E-state index in [2.05, 4.69) is 31.2 Å². The number of hydrogen-bond donors (Lipinski definition) is 0. The summed E-state index contributed by atoms with van der Waals surface area (Å²) in [5.74, 6) is 0.981. The highest BCUT2D eigenvalue weighted by Gasteiger charge is 2.22. The van der Waals surface area contributed by atoms with Crippen LogP contribution in [0.2, 0.25) is 0 Å². The summed E-state index contributed by atoms with van der Waals surface area (Å²) in [6.07, 6.45) is 8.01. The molecule has 1 aliphatic rings. The van der Waals surface area contributed by atoms with E-state index in [1.54, 1.807) is 5.56 Å². The predicted molar refractivity (Wildman–Crippen MR) is 60.3 cm³/mol. The summed E-state index contributed by atoms with van der Waals surface area (Å²) in [5.41, 5.74) is 3.03. The third-order valence-electron chi connectivity index (χ3n) is 3.03. The van der Waals surface area contributed by atoms with Gasteiger partial charge in [0.1, 0.15) is 0 Å². The Morgan fingerprint density at radius 3 is 3.00 bits per heavy atom. The van der Waals surface area contributed by atoms with Crippen molar-refractivity contribution in [2.24, 2.45) is 5.92 Å². The third-order valence-corrected chi connectivity index (χ3v) is 3.03. The van der Waals surface area contributed by atoms with Gasteiger partial charge < -0.3 is 0 Å². The SMILES string of the molecule is CCCCc1ccc[c]c1CC1CC1. The maximum absolute atomic E-state index is 3.42. The molecule has 0 amide bonds. The zero-order valence-corrected chi connectivity index (χ0v) is 9.05. The van der Waals surface area contributed by atoms with Crippen LogP contribution in [0.1, 0.15) is 43.7 Å². The lowest BCUT2D eigenvalue weighted by Crippen LogP contribution is -1.95. The number of benzene rings is 1. The van der Waals surface area contributed by atoms with Crippen molar-refractivity contribution in [3.8, 4) is 0 Å². The first-order valence-electron chi connectivity index (χ1n) is 5.88. The minimum Gasteiger partial charge on any atom is -0.0654 e. The molecular weight excluding hydrogens is 168 g/mol. The van der Waals surface area contributed by atoms with Gasteiger partial charge >= 0.3 is 0 Å². The van der Waals surface area contributed by atoms with Gasteiger partial charge in [0.25, 0.3) is 0 Å². The Morgan fingerprint density at radius 1 is 1.43 bits per heavy atom. The molecule has 1 fully saturated rings. The van der Waals surface area contributed by atoms with Crippen LogP contribution in [0, 0.1) is 12.0 Å². The first-order chi connectivity index (χ1) is 6.90. The number of hydrogen-bond acceptors (Lipinski definition) is 0. The molecule has 0 N–H and O–H groups in total. The van der Waals surface area contributed by atoms with Crippen LogP contribution in [0.25, 0.3) is 0 Å². The van der Waals surface area contributed by atoms with Crippen molar-refractivity contribution in [3.63, 3.8) is 0 Å². The Hall–Kier alpha value is -0.780. The van der Waals surface area contributed by atoms with Crippen LogP contribution in [0.3, 0.4) is 0 Å². The minimum atomic E-state index is 0.981. The summed E-state index contributed by atoms with van der Waals surface area (Å²) >= 11 is 0. The van der Waals surface area contributed by atoms with Crippen molar-refractivity contribution in [3.05, 3.63) is 35.4 Å². The van der Waals surface area contributed by atoms with Crippen LogP contribution in [0.15, 0.2) is 18.2 Å². The Labute approximate surface area is 87.3 Å². The number of rotatable bonds is 5. The van der Waals surface area contributed by atoms with Crippen molar-refractivity contribution in [1.82, 2.24) is 0 Å². The average molecular weight is 187 g/mol. The fourth-order valence-corrected chi connectivity index (χ4v) is 1.91. The largest absolute Gasteiger partial charge is 0.0654 e. The van der Waals surface area contributed by atoms with Gasteiger partial charge in [-0.25, -0.2) is 0 Å². The molecule has 0 nitrogen and oxygen atoms in total. The summed E-state index contributed by atoms with van der Waals surface area (Å²) in [6.45, 7) is 2.26. The lowest BCUT2D eigenvalue weighted by atomic mass is 9.98. The summed E-state index contributed by atoms with van der Waals surface area (Å²) < 4.78 is 0. The Kier molecular flexibility index (Phi) is 3.23. The van der Waals surface area contributed by atoms with E-state index in [4.69, 9.17) is 0 Å². The molecule has 1 radical (unpaired) electrons. The maximum atomic E-state index is 3.42. The third kappa shape index (κ3) is 2.60. The molecule has 0 unspecified atom stereocenters. The molecule has 1 saturated carbocycles. The maximum Gasteiger partial charge on any atom is -0.0146 e. The molecule has 0 aliphatic heterocycles. The summed E-state index contributed by atoms with van der Waals surface area (Å²) in [7, 11) is 0. The fourth-order valence-electron chi connectivity index (χ4n) is 1.91. The van der Waals surface area contributed by atoms with E-state index in [0.717, 1.165) is 5.92 Å². The quantitative estimate of drug-likeness (QED) is 0.658. The zero-order valence-electron chi connectivity index (χ0n) is 9.05. The molecular formula is C14H19. The summed E-state index contributed by atoms with van der Waals surface area (Å²) in [4.78, 5) is 0. The second-order valence-electron chi connectivity index (χ2n) is 4.42. The topological polar surface area (TPSA) is 0 Å². The molecule has 0 spiro atoms. The number of unbranched alkanes of at least 4 members (excludes halogenated alkanes) is 1. The van der Waals surface area contributed by atoms with E-state index in [1.165, 1.54) is 44.1 Å². The van der Waals surface area contributed by atoms with Crippen LogP contribution in [-0.4, -0.2) is 0 Å². The van der Waals surface area contributed by atoms with Crippen molar-refractivity contribution in [2.75, 3.05) is 0 Å². The Balaban J connectivity index is 2.02. The zero-order chi connectivity index (χ0) is 9.80. The second kappa shape index (κ2) is 4.63. The highest BCUT2D eigenvalue weighted by atomic mass is 14.3. The van der Waals surface area contributed by atoms with E-state index in [0.29, 0.717) is 0 Å². The standard InChI is InChI=1S/C14H19/c1-2-3-6-13-7-4-5-8-14(13)11-12-9-10-12/h4-5,7,12H,2-3,6,9-11H2,1H3. The van der Waals surface area contributed by atoms with E-state index in [9.17, 15) is 0 Å². The molecule has 0 heterocycles. The van der Waals surface area contributed by atoms with Gasteiger partial charge in [0.15, 0.2) is 0 Å². The average Bonchev–Trinajstić information content (AvgIpc) is 3.01. The van der Waals surface area contributed by atoms with E-state index >= 15 is 0 Å². The molecule has 1 aliphatic carbocycles.